The minimum absolute atomic E-state index is 0.420. The Labute approximate surface area is 118 Å². The van der Waals surface area contributed by atoms with Crippen molar-refractivity contribution in [2.75, 3.05) is 0 Å². The first kappa shape index (κ1) is 14.3. The summed E-state index contributed by atoms with van der Waals surface area (Å²) in [5.74, 6) is -0.970. The molecule has 0 saturated carbocycles. The Balaban J connectivity index is 1.93. The summed E-state index contributed by atoms with van der Waals surface area (Å²) in [6.45, 7) is 2.20. The smallest absolute Gasteiger partial charge is 0.323 e. The van der Waals surface area contributed by atoms with Crippen LogP contribution >= 0.6 is 0 Å². The maximum absolute atomic E-state index is 10.9. The number of benzene rings is 1. The van der Waals surface area contributed by atoms with Crippen molar-refractivity contribution in [1.82, 2.24) is 9.78 Å². The molecule has 1 heterocycles. The van der Waals surface area contributed by atoms with E-state index in [2.05, 4.69) is 5.10 Å². The Morgan fingerprint density at radius 2 is 2.05 bits per heavy atom. The number of hydrogen-bond donors (Lipinski definition) is 2. The molecule has 2 rings (SSSR count). The largest absolute Gasteiger partial charge is 0.480 e. The fourth-order valence-electron chi connectivity index (χ4n) is 1.98. The van der Waals surface area contributed by atoms with Crippen LogP contribution in [-0.4, -0.2) is 26.4 Å². The zero-order chi connectivity index (χ0) is 14.6. The molecule has 0 bridgehead atoms. The van der Waals surface area contributed by atoms with Crippen molar-refractivity contribution in [3.63, 3.8) is 0 Å². The van der Waals surface area contributed by atoms with E-state index in [9.17, 15) is 4.79 Å². The average Bonchev–Trinajstić information content (AvgIpc) is 2.88. The lowest BCUT2D eigenvalue weighted by atomic mass is 9.98. The van der Waals surface area contributed by atoms with Gasteiger partial charge in [-0.1, -0.05) is 30.3 Å². The van der Waals surface area contributed by atoms with Crippen molar-refractivity contribution in [2.24, 2.45) is 5.73 Å². The van der Waals surface area contributed by atoms with Crippen LogP contribution in [0, 0.1) is 0 Å². The predicted octanol–water partition coefficient (Wildman–Crippen LogP) is 2.13. The summed E-state index contributed by atoms with van der Waals surface area (Å²) < 4.78 is 1.82. The number of nitrogens with two attached hydrogens (primary N) is 1. The van der Waals surface area contributed by atoms with E-state index in [1.807, 2.05) is 47.4 Å². The molecule has 1 aromatic heterocycles. The van der Waals surface area contributed by atoms with Crippen molar-refractivity contribution in [3.8, 4) is 11.1 Å². The van der Waals surface area contributed by atoms with Gasteiger partial charge >= 0.3 is 5.97 Å². The van der Waals surface area contributed by atoms with E-state index in [-0.39, 0.29) is 0 Å². The van der Waals surface area contributed by atoms with Crippen LogP contribution in [0.15, 0.2) is 42.7 Å². The fourth-order valence-corrected chi connectivity index (χ4v) is 1.98. The second-order valence-corrected chi connectivity index (χ2v) is 5.18. The lowest BCUT2D eigenvalue weighted by Gasteiger charge is -2.18. The Hall–Kier alpha value is -2.14. The number of aromatic nitrogens is 2. The quantitative estimate of drug-likeness (QED) is 0.844. The van der Waals surface area contributed by atoms with E-state index in [0.29, 0.717) is 19.4 Å². The van der Waals surface area contributed by atoms with Gasteiger partial charge < -0.3 is 10.8 Å². The highest BCUT2D eigenvalue weighted by Crippen LogP contribution is 2.18. The first-order valence-corrected chi connectivity index (χ1v) is 6.59. The summed E-state index contributed by atoms with van der Waals surface area (Å²) in [5.41, 5.74) is 6.69. The molecule has 5 nitrogen and oxygen atoms in total. The molecule has 5 heteroatoms. The van der Waals surface area contributed by atoms with Gasteiger partial charge in [-0.15, -0.1) is 0 Å². The molecule has 0 aliphatic rings. The lowest BCUT2D eigenvalue weighted by Crippen LogP contribution is -2.44. The molecule has 0 saturated heterocycles. The number of aryl methyl sites for hydroxylation is 1. The second kappa shape index (κ2) is 5.88. The molecule has 1 atom stereocenters. The van der Waals surface area contributed by atoms with Crippen LogP contribution in [0.4, 0.5) is 0 Å². The Bertz CT molecular complexity index is 576. The number of aliphatic carboxylic acids is 1. The maximum Gasteiger partial charge on any atom is 0.323 e. The normalized spacial score (nSPS) is 13.9. The number of carbonyl (C=O) groups is 1. The van der Waals surface area contributed by atoms with Crippen LogP contribution in [0.2, 0.25) is 0 Å². The summed E-state index contributed by atoms with van der Waals surface area (Å²) in [6.07, 6.45) is 4.87. The van der Waals surface area contributed by atoms with E-state index >= 15 is 0 Å². The molecule has 20 heavy (non-hydrogen) atoms. The Morgan fingerprint density at radius 1 is 1.35 bits per heavy atom. The van der Waals surface area contributed by atoms with Gasteiger partial charge in [0.1, 0.15) is 5.54 Å². The van der Waals surface area contributed by atoms with Gasteiger partial charge in [0.15, 0.2) is 0 Å². The van der Waals surface area contributed by atoms with Crippen molar-refractivity contribution in [2.45, 2.75) is 31.8 Å². The Kier molecular flexibility index (Phi) is 4.20. The fraction of sp³-hybridized carbons (Fsp3) is 0.333. The molecule has 0 amide bonds. The van der Waals surface area contributed by atoms with Crippen molar-refractivity contribution >= 4 is 5.97 Å². The van der Waals surface area contributed by atoms with Crippen LogP contribution in [0.1, 0.15) is 19.8 Å². The molecule has 106 valence electrons. The van der Waals surface area contributed by atoms with E-state index in [0.717, 1.165) is 11.1 Å². The summed E-state index contributed by atoms with van der Waals surface area (Å²) >= 11 is 0. The van der Waals surface area contributed by atoms with Crippen molar-refractivity contribution < 1.29 is 9.90 Å². The van der Waals surface area contributed by atoms with Gasteiger partial charge in [0, 0.05) is 18.3 Å². The molecule has 1 aromatic carbocycles. The molecule has 1 unspecified atom stereocenters. The number of carboxylic acids is 1. The maximum atomic E-state index is 10.9. The topological polar surface area (TPSA) is 81.1 Å². The lowest BCUT2D eigenvalue weighted by molar-refractivity contribution is -0.142. The highest BCUT2D eigenvalue weighted by Gasteiger charge is 2.26. The Morgan fingerprint density at radius 3 is 2.70 bits per heavy atom. The van der Waals surface area contributed by atoms with Gasteiger partial charge in [-0.25, -0.2) is 0 Å². The third-order valence-corrected chi connectivity index (χ3v) is 3.31. The van der Waals surface area contributed by atoms with Gasteiger partial charge in [-0.3, -0.25) is 9.48 Å². The number of nitrogens with zero attached hydrogens (tertiary/aromatic N) is 2. The van der Waals surface area contributed by atoms with Crippen LogP contribution in [-0.2, 0) is 11.3 Å². The van der Waals surface area contributed by atoms with Gasteiger partial charge in [0.05, 0.1) is 6.20 Å². The minimum Gasteiger partial charge on any atom is -0.480 e. The van der Waals surface area contributed by atoms with Gasteiger partial charge in [-0.05, 0) is 25.3 Å². The standard InChI is InChI=1S/C15H19N3O2/c1-15(16,14(19)20)8-5-9-18-11-13(10-17-18)12-6-3-2-4-7-12/h2-4,6-7,10-11H,5,8-9,16H2,1H3,(H,19,20). The highest BCUT2D eigenvalue weighted by atomic mass is 16.4. The number of rotatable bonds is 6. The molecule has 0 radical (unpaired) electrons. The molecule has 0 fully saturated rings. The first-order valence-electron chi connectivity index (χ1n) is 6.59. The zero-order valence-corrected chi connectivity index (χ0v) is 11.5. The third kappa shape index (κ3) is 3.45. The summed E-state index contributed by atoms with van der Waals surface area (Å²) in [5, 5.41) is 13.2. The molecule has 0 spiro atoms. The monoisotopic (exact) mass is 273 g/mol. The molecule has 2 aromatic rings. The van der Waals surface area contributed by atoms with Crippen molar-refractivity contribution in [1.29, 1.82) is 0 Å². The molecular weight excluding hydrogens is 254 g/mol. The summed E-state index contributed by atoms with van der Waals surface area (Å²) in [6, 6.07) is 10.0. The van der Waals surface area contributed by atoms with Gasteiger partial charge in [-0.2, -0.15) is 5.10 Å². The van der Waals surface area contributed by atoms with E-state index in [4.69, 9.17) is 10.8 Å². The van der Waals surface area contributed by atoms with E-state index in [1.165, 1.54) is 6.92 Å². The number of hydrogen-bond acceptors (Lipinski definition) is 3. The van der Waals surface area contributed by atoms with Crippen LogP contribution < -0.4 is 5.73 Å². The highest BCUT2D eigenvalue weighted by molar-refractivity contribution is 5.77. The molecule has 3 N–H and O–H groups in total. The third-order valence-electron chi connectivity index (χ3n) is 3.31. The van der Waals surface area contributed by atoms with Crippen LogP contribution in [0.3, 0.4) is 0 Å². The zero-order valence-electron chi connectivity index (χ0n) is 11.5. The van der Waals surface area contributed by atoms with E-state index in [1.54, 1.807) is 0 Å². The van der Waals surface area contributed by atoms with E-state index < -0.39 is 11.5 Å². The van der Waals surface area contributed by atoms with Crippen LogP contribution in [0.5, 0.6) is 0 Å². The molecule has 0 aliphatic carbocycles. The second-order valence-electron chi connectivity index (χ2n) is 5.18. The molecular formula is C15H19N3O2. The van der Waals surface area contributed by atoms with Gasteiger partial charge in [0.25, 0.3) is 0 Å². The van der Waals surface area contributed by atoms with Crippen LogP contribution in [0.25, 0.3) is 11.1 Å². The average molecular weight is 273 g/mol. The van der Waals surface area contributed by atoms with Gasteiger partial charge in [0.2, 0.25) is 0 Å². The SMILES string of the molecule is CC(N)(CCCn1cc(-c2ccccc2)cn1)C(=O)O. The molecule has 0 aliphatic heterocycles. The number of carboxylic acid groups (broad SMARTS) is 1. The summed E-state index contributed by atoms with van der Waals surface area (Å²) in [4.78, 5) is 10.9. The first-order chi connectivity index (χ1) is 9.49. The minimum atomic E-state index is -1.17. The van der Waals surface area contributed by atoms with Crippen molar-refractivity contribution in [3.05, 3.63) is 42.7 Å². The summed E-state index contributed by atoms with van der Waals surface area (Å²) in [7, 11) is 0. The predicted molar refractivity (Wildman–Crippen MR) is 77.1 cm³/mol.